The fourth-order valence-corrected chi connectivity index (χ4v) is 3.86. The van der Waals surface area contributed by atoms with Crippen molar-refractivity contribution in [1.29, 1.82) is 0 Å². The molecule has 0 aromatic carbocycles. The highest BCUT2D eigenvalue weighted by atomic mass is 15.0. The summed E-state index contributed by atoms with van der Waals surface area (Å²) in [7, 11) is 0. The van der Waals surface area contributed by atoms with E-state index in [9.17, 15) is 0 Å². The molecule has 1 fully saturated rings. The van der Waals surface area contributed by atoms with E-state index in [4.69, 9.17) is 0 Å². The number of piperidine rings is 1. The van der Waals surface area contributed by atoms with Gasteiger partial charge in [-0.05, 0) is 36.6 Å². The lowest BCUT2D eigenvalue weighted by molar-refractivity contribution is 0.00939. The standard InChI is InChI=1S/C15H30N/c1-7-12(3)15(13(4)8-2)14(5,6)10-9-11-16-15/h10,12-13,16H,7-9,11H2,1-6H3. The molecule has 0 aliphatic carbocycles. The summed E-state index contributed by atoms with van der Waals surface area (Å²) >= 11 is 0. The molecule has 1 heterocycles. The molecule has 0 saturated carbocycles. The molecule has 1 N–H and O–H groups in total. The highest BCUT2D eigenvalue weighted by Crippen LogP contribution is 2.48. The molecule has 0 spiro atoms. The van der Waals surface area contributed by atoms with Crippen LogP contribution in [0.4, 0.5) is 0 Å². The van der Waals surface area contributed by atoms with Crippen LogP contribution in [0.1, 0.15) is 60.8 Å². The van der Waals surface area contributed by atoms with E-state index in [-0.39, 0.29) is 5.54 Å². The molecule has 1 radical (unpaired) electrons. The monoisotopic (exact) mass is 224 g/mol. The molecule has 0 aromatic heterocycles. The molecule has 1 heteroatoms. The van der Waals surface area contributed by atoms with E-state index >= 15 is 0 Å². The van der Waals surface area contributed by atoms with Crippen LogP contribution in [0.15, 0.2) is 0 Å². The SMILES string of the molecule is CCC(C)C1(C(C)CC)NCC[CH]C1(C)C. The maximum absolute atomic E-state index is 3.89. The van der Waals surface area contributed by atoms with Crippen molar-refractivity contribution in [1.82, 2.24) is 5.32 Å². The molecular weight excluding hydrogens is 194 g/mol. The van der Waals surface area contributed by atoms with Crippen molar-refractivity contribution in [2.45, 2.75) is 66.3 Å². The van der Waals surface area contributed by atoms with Crippen molar-refractivity contribution in [3.63, 3.8) is 0 Å². The lowest BCUT2D eigenvalue weighted by atomic mass is 9.55. The van der Waals surface area contributed by atoms with Gasteiger partial charge >= 0.3 is 0 Å². The smallest absolute Gasteiger partial charge is 0.0286 e. The molecular formula is C15H30N. The van der Waals surface area contributed by atoms with E-state index in [0.717, 1.165) is 18.4 Å². The van der Waals surface area contributed by atoms with Gasteiger partial charge in [0.05, 0.1) is 0 Å². The first-order chi connectivity index (χ1) is 7.42. The van der Waals surface area contributed by atoms with Gasteiger partial charge in [-0.25, -0.2) is 0 Å². The van der Waals surface area contributed by atoms with Crippen molar-refractivity contribution in [2.24, 2.45) is 17.3 Å². The van der Waals surface area contributed by atoms with E-state index < -0.39 is 0 Å². The predicted molar refractivity (Wildman–Crippen MR) is 72.3 cm³/mol. The second-order valence-corrected chi connectivity index (χ2v) is 6.13. The molecule has 1 aliphatic heterocycles. The minimum absolute atomic E-state index is 0.286. The molecule has 0 bridgehead atoms. The third kappa shape index (κ3) is 2.03. The van der Waals surface area contributed by atoms with Gasteiger partial charge in [0.25, 0.3) is 0 Å². The minimum Gasteiger partial charge on any atom is -0.310 e. The molecule has 1 nitrogen and oxygen atoms in total. The van der Waals surface area contributed by atoms with Gasteiger partial charge in [-0.15, -0.1) is 0 Å². The fraction of sp³-hybridized carbons (Fsp3) is 0.933. The topological polar surface area (TPSA) is 12.0 Å². The molecule has 16 heavy (non-hydrogen) atoms. The highest BCUT2D eigenvalue weighted by Gasteiger charge is 2.52. The second-order valence-electron chi connectivity index (χ2n) is 6.13. The molecule has 1 rings (SSSR count). The summed E-state index contributed by atoms with van der Waals surface area (Å²) in [6, 6.07) is 0. The Hall–Kier alpha value is -0.0400. The van der Waals surface area contributed by atoms with Crippen LogP contribution < -0.4 is 5.32 Å². The number of rotatable bonds is 4. The average Bonchev–Trinajstić information content (AvgIpc) is 2.26. The first kappa shape index (κ1) is 14.0. The van der Waals surface area contributed by atoms with Crippen molar-refractivity contribution < 1.29 is 0 Å². The third-order valence-corrected chi connectivity index (χ3v) is 5.06. The third-order valence-electron chi connectivity index (χ3n) is 5.06. The molecule has 0 aromatic rings. The van der Waals surface area contributed by atoms with Crippen LogP contribution in [0.3, 0.4) is 0 Å². The Bertz CT molecular complexity index is 209. The second kappa shape index (κ2) is 5.08. The van der Waals surface area contributed by atoms with Gasteiger partial charge in [0.2, 0.25) is 0 Å². The highest BCUT2D eigenvalue weighted by molar-refractivity contribution is 5.13. The lowest BCUT2D eigenvalue weighted by Gasteiger charge is -2.57. The van der Waals surface area contributed by atoms with Gasteiger partial charge in [0, 0.05) is 5.54 Å². The molecule has 1 aliphatic rings. The van der Waals surface area contributed by atoms with Gasteiger partial charge in [0.15, 0.2) is 0 Å². The summed E-state index contributed by atoms with van der Waals surface area (Å²) in [6.45, 7) is 15.5. The van der Waals surface area contributed by atoms with Crippen molar-refractivity contribution in [3.05, 3.63) is 6.42 Å². The summed E-state index contributed by atoms with van der Waals surface area (Å²) in [5.41, 5.74) is 0.588. The summed E-state index contributed by atoms with van der Waals surface area (Å²) in [6.07, 6.45) is 6.27. The fourth-order valence-electron chi connectivity index (χ4n) is 3.86. The number of hydrogen-bond donors (Lipinski definition) is 1. The Morgan fingerprint density at radius 2 is 1.62 bits per heavy atom. The van der Waals surface area contributed by atoms with Crippen LogP contribution in [0.5, 0.6) is 0 Å². The Labute approximate surface area is 102 Å². The van der Waals surface area contributed by atoms with Gasteiger partial charge in [-0.3, -0.25) is 0 Å². The van der Waals surface area contributed by atoms with Crippen LogP contribution in [0.25, 0.3) is 0 Å². The van der Waals surface area contributed by atoms with Gasteiger partial charge in [-0.2, -0.15) is 0 Å². The first-order valence-corrected chi connectivity index (χ1v) is 7.01. The zero-order valence-corrected chi connectivity index (χ0v) is 12.1. The van der Waals surface area contributed by atoms with Crippen molar-refractivity contribution in [3.8, 4) is 0 Å². The lowest BCUT2D eigenvalue weighted by Crippen LogP contribution is -2.66. The summed E-state index contributed by atoms with van der Waals surface area (Å²) in [4.78, 5) is 0. The van der Waals surface area contributed by atoms with Crippen LogP contribution >= 0.6 is 0 Å². The Morgan fingerprint density at radius 1 is 1.12 bits per heavy atom. The van der Waals surface area contributed by atoms with Gasteiger partial charge in [0.1, 0.15) is 0 Å². The van der Waals surface area contributed by atoms with Crippen molar-refractivity contribution in [2.75, 3.05) is 6.54 Å². The summed E-state index contributed by atoms with van der Waals surface area (Å²) in [5, 5.41) is 3.89. The Kier molecular flexibility index (Phi) is 4.45. The average molecular weight is 224 g/mol. The zero-order chi connectivity index (χ0) is 12.4. The maximum Gasteiger partial charge on any atom is 0.0286 e. The van der Waals surface area contributed by atoms with E-state index in [1.807, 2.05) is 0 Å². The van der Waals surface area contributed by atoms with Crippen LogP contribution in [0.2, 0.25) is 0 Å². The van der Waals surface area contributed by atoms with Gasteiger partial charge in [-0.1, -0.05) is 54.4 Å². The maximum atomic E-state index is 3.89. The molecule has 95 valence electrons. The number of nitrogens with one attached hydrogen (secondary N) is 1. The van der Waals surface area contributed by atoms with E-state index in [0.29, 0.717) is 5.41 Å². The molecule has 1 saturated heterocycles. The van der Waals surface area contributed by atoms with Crippen LogP contribution in [-0.2, 0) is 0 Å². The predicted octanol–water partition coefficient (Wildman–Crippen LogP) is 4.04. The normalized spacial score (nSPS) is 33.4. The first-order valence-electron chi connectivity index (χ1n) is 7.01. The molecule has 2 atom stereocenters. The molecule has 2 unspecified atom stereocenters. The van der Waals surface area contributed by atoms with Crippen LogP contribution in [-0.4, -0.2) is 12.1 Å². The van der Waals surface area contributed by atoms with Crippen molar-refractivity contribution >= 4 is 0 Å². The quantitative estimate of drug-likeness (QED) is 0.760. The Balaban J connectivity index is 3.10. The van der Waals surface area contributed by atoms with E-state index in [1.54, 1.807) is 0 Å². The van der Waals surface area contributed by atoms with Crippen LogP contribution in [0, 0.1) is 23.7 Å². The molecule has 0 amide bonds. The summed E-state index contributed by atoms with van der Waals surface area (Å²) < 4.78 is 0. The number of hydrogen-bond acceptors (Lipinski definition) is 1. The largest absolute Gasteiger partial charge is 0.310 e. The zero-order valence-electron chi connectivity index (χ0n) is 12.1. The summed E-state index contributed by atoms with van der Waals surface area (Å²) in [5.74, 6) is 1.46. The van der Waals surface area contributed by atoms with E-state index in [2.05, 4.69) is 53.3 Å². The van der Waals surface area contributed by atoms with Gasteiger partial charge < -0.3 is 5.32 Å². The minimum atomic E-state index is 0.286. The van der Waals surface area contributed by atoms with E-state index in [1.165, 1.54) is 19.3 Å². The Morgan fingerprint density at radius 3 is 2.00 bits per heavy atom.